The number of carbonyl (C=O) groups is 2. The minimum atomic E-state index is -4.45. The first kappa shape index (κ1) is 65.5. The number of hydrogen-bond acceptors (Lipinski definition) is 6. The van der Waals surface area contributed by atoms with Gasteiger partial charge in [0.15, 0.2) is 0 Å². The van der Waals surface area contributed by atoms with Crippen LogP contribution in [-0.2, 0) is 27.9 Å². The zero-order valence-corrected chi connectivity index (χ0v) is 45.7. The molecule has 0 heterocycles. The molecule has 10 heteroatoms. The highest BCUT2D eigenvalue weighted by Gasteiger charge is 2.30. The Balaban J connectivity index is 5.44. The summed E-state index contributed by atoms with van der Waals surface area (Å²) in [5.74, 6) is -0.573. The second-order valence-corrected chi connectivity index (χ2v) is 21.2. The molecule has 0 bridgehead atoms. The highest BCUT2D eigenvalue weighted by Crippen LogP contribution is 2.43. The van der Waals surface area contributed by atoms with Crippen LogP contribution in [0.1, 0.15) is 233 Å². The third-order valence-corrected chi connectivity index (χ3v) is 12.9. The molecule has 0 saturated heterocycles. The molecular formula is C58H106N2O7P+. The molecule has 0 fully saturated rings. The van der Waals surface area contributed by atoms with Crippen LogP contribution in [0.3, 0.4) is 0 Å². The summed E-state index contributed by atoms with van der Waals surface area (Å²) < 4.78 is 30.5. The lowest BCUT2D eigenvalue weighted by molar-refractivity contribution is -0.870. The van der Waals surface area contributed by atoms with Gasteiger partial charge in [-0.05, 0) is 70.3 Å². The number of allylic oxidation sites excluding steroid dienone is 11. The van der Waals surface area contributed by atoms with E-state index in [1.807, 2.05) is 33.3 Å². The molecule has 0 radical (unpaired) electrons. The van der Waals surface area contributed by atoms with Crippen molar-refractivity contribution in [1.29, 1.82) is 0 Å². The van der Waals surface area contributed by atoms with E-state index in [1.54, 1.807) is 0 Å². The summed E-state index contributed by atoms with van der Waals surface area (Å²) in [6.45, 7) is 6.85. The molecule has 0 aromatic rings. The first-order valence-electron chi connectivity index (χ1n) is 27.8. The van der Waals surface area contributed by atoms with Crippen LogP contribution in [0.2, 0.25) is 0 Å². The lowest BCUT2D eigenvalue weighted by atomic mass is 10.0. The fraction of sp³-hybridized carbons (Fsp3) is 0.759. The predicted molar refractivity (Wildman–Crippen MR) is 291 cm³/mol. The number of nitrogens with zero attached hydrogens (tertiary/aromatic N) is 1. The zero-order chi connectivity index (χ0) is 50.1. The van der Waals surface area contributed by atoms with E-state index in [4.69, 9.17) is 13.8 Å². The highest BCUT2D eigenvalue weighted by molar-refractivity contribution is 7.47. The molecule has 0 aliphatic rings. The van der Waals surface area contributed by atoms with E-state index in [2.05, 4.69) is 86.8 Å². The molecule has 0 aromatic heterocycles. The average Bonchev–Trinajstić information content (AvgIpc) is 3.29. The SMILES string of the molecule is CC/C=C\C/C=C\C/C=C\C/C=C\C/C=C\CCCC(=O)OC(/C=C/CCCCCCCCCCC)C(COP(=O)(O)OCC[N+](C)(C)C)NC(=O)CCCCCCCCCCCCCCCC. The maximum atomic E-state index is 13.5. The van der Waals surface area contributed by atoms with E-state index in [0.717, 1.165) is 77.0 Å². The van der Waals surface area contributed by atoms with Crippen LogP contribution in [0.25, 0.3) is 0 Å². The van der Waals surface area contributed by atoms with Crippen molar-refractivity contribution in [1.82, 2.24) is 5.32 Å². The zero-order valence-electron chi connectivity index (χ0n) is 44.8. The third kappa shape index (κ3) is 48.5. The first-order chi connectivity index (χ1) is 32.9. The Morgan fingerprint density at radius 1 is 0.529 bits per heavy atom. The van der Waals surface area contributed by atoms with Gasteiger partial charge in [0, 0.05) is 12.8 Å². The fourth-order valence-corrected chi connectivity index (χ4v) is 8.36. The number of likely N-dealkylation sites (N-methyl/N-ethyl adjacent to an activating group) is 1. The molecule has 394 valence electrons. The molecule has 68 heavy (non-hydrogen) atoms. The molecule has 1 amide bonds. The predicted octanol–water partition coefficient (Wildman–Crippen LogP) is 16.5. The maximum absolute atomic E-state index is 13.5. The van der Waals surface area contributed by atoms with Gasteiger partial charge < -0.3 is 19.4 Å². The summed E-state index contributed by atoms with van der Waals surface area (Å²) in [6, 6.07) is -0.870. The van der Waals surface area contributed by atoms with Crippen LogP contribution >= 0.6 is 7.82 Å². The number of carbonyl (C=O) groups excluding carboxylic acids is 2. The van der Waals surface area contributed by atoms with Crippen molar-refractivity contribution in [2.45, 2.75) is 245 Å². The summed E-state index contributed by atoms with van der Waals surface area (Å²) >= 11 is 0. The molecule has 0 rings (SSSR count). The van der Waals surface area contributed by atoms with Crippen LogP contribution in [0.4, 0.5) is 0 Å². The number of rotatable bonds is 49. The first-order valence-corrected chi connectivity index (χ1v) is 29.3. The smallest absolute Gasteiger partial charge is 0.456 e. The number of phosphoric ester groups is 1. The van der Waals surface area contributed by atoms with Crippen molar-refractivity contribution in [3.05, 3.63) is 72.9 Å². The van der Waals surface area contributed by atoms with Crippen LogP contribution in [0, 0.1) is 0 Å². The molecule has 0 saturated carbocycles. The van der Waals surface area contributed by atoms with Gasteiger partial charge in [-0.1, -0.05) is 222 Å². The van der Waals surface area contributed by atoms with E-state index < -0.39 is 20.0 Å². The number of unbranched alkanes of at least 4 members (excludes halogenated alkanes) is 23. The monoisotopic (exact) mass is 974 g/mol. The Labute approximate surface area is 419 Å². The second kappa shape index (κ2) is 48.1. The van der Waals surface area contributed by atoms with Crippen LogP contribution in [0.15, 0.2) is 72.9 Å². The van der Waals surface area contributed by atoms with Crippen LogP contribution < -0.4 is 5.32 Å². The minimum Gasteiger partial charge on any atom is -0.456 e. The number of phosphoric acid groups is 1. The van der Waals surface area contributed by atoms with E-state index in [0.29, 0.717) is 23.9 Å². The van der Waals surface area contributed by atoms with E-state index >= 15 is 0 Å². The lowest BCUT2D eigenvalue weighted by Gasteiger charge is -2.27. The second-order valence-electron chi connectivity index (χ2n) is 19.7. The van der Waals surface area contributed by atoms with Gasteiger partial charge in [0.1, 0.15) is 19.3 Å². The number of nitrogens with one attached hydrogen (secondary N) is 1. The van der Waals surface area contributed by atoms with Crippen molar-refractivity contribution in [2.24, 2.45) is 0 Å². The molecule has 0 aliphatic carbocycles. The molecule has 2 N–H and O–H groups in total. The molecule has 9 nitrogen and oxygen atoms in total. The summed E-state index contributed by atoms with van der Waals surface area (Å²) in [5.41, 5.74) is 0. The van der Waals surface area contributed by atoms with Gasteiger partial charge in [0.2, 0.25) is 5.91 Å². The van der Waals surface area contributed by atoms with Crippen molar-refractivity contribution < 1.29 is 37.3 Å². The molecule has 0 aromatic carbocycles. The van der Waals surface area contributed by atoms with Gasteiger partial charge in [-0.25, -0.2) is 4.57 Å². The van der Waals surface area contributed by atoms with Gasteiger partial charge in [0.05, 0.1) is 33.8 Å². The Hall–Kier alpha value is -2.55. The molecular weight excluding hydrogens is 868 g/mol. The van der Waals surface area contributed by atoms with E-state index in [1.165, 1.54) is 116 Å². The molecule has 3 atom stereocenters. The summed E-state index contributed by atoms with van der Waals surface area (Å²) in [4.78, 5) is 37.5. The van der Waals surface area contributed by atoms with E-state index in [9.17, 15) is 19.0 Å². The standard InChI is InChI=1S/C58H105N2O7P/c1-7-10-13-16-19-22-25-27-29-30-31-33-36-39-42-45-48-51-58(62)67-56(49-46-43-40-37-34-24-21-18-15-12-9-3)55(54-66-68(63,64)65-53-52-60(4,5)6)59-57(61)50-47-44-41-38-35-32-28-26-23-20-17-14-11-8-2/h10,13,19,22,27,29,31,33,39,42,46,49,55-56H,7-9,11-12,14-18,20-21,23-26,28,30,32,34-38,40-41,43-45,47-48,50-54H2,1-6H3,(H-,59,61,63,64)/p+1/b13-10-,22-19-,29-27-,33-31-,42-39-,49-46+. The average molecular weight is 974 g/mol. The fourth-order valence-electron chi connectivity index (χ4n) is 7.62. The Morgan fingerprint density at radius 2 is 0.956 bits per heavy atom. The third-order valence-electron chi connectivity index (χ3n) is 11.9. The topological polar surface area (TPSA) is 111 Å². The molecule has 3 unspecified atom stereocenters. The summed E-state index contributed by atoms with van der Waals surface area (Å²) in [7, 11) is 1.46. The number of hydrogen-bond donors (Lipinski definition) is 2. The number of esters is 1. The number of ether oxygens (including phenoxy) is 1. The quantitative estimate of drug-likeness (QED) is 0.0205. The number of quaternary nitrogens is 1. The van der Waals surface area contributed by atoms with Crippen molar-refractivity contribution in [3.8, 4) is 0 Å². The Bertz CT molecular complexity index is 1400. The van der Waals surface area contributed by atoms with Gasteiger partial charge in [-0.2, -0.15) is 0 Å². The van der Waals surface area contributed by atoms with Crippen LogP contribution in [0.5, 0.6) is 0 Å². The summed E-state index contributed by atoms with van der Waals surface area (Å²) in [5, 5.41) is 3.03. The Kier molecular flexibility index (Phi) is 46.3. The maximum Gasteiger partial charge on any atom is 0.472 e. The van der Waals surface area contributed by atoms with Gasteiger partial charge >= 0.3 is 13.8 Å². The summed E-state index contributed by atoms with van der Waals surface area (Å²) in [6.07, 6.45) is 60.4. The van der Waals surface area contributed by atoms with Gasteiger partial charge in [0.25, 0.3) is 0 Å². The minimum absolute atomic E-state index is 0.0301. The van der Waals surface area contributed by atoms with Crippen molar-refractivity contribution in [2.75, 3.05) is 40.9 Å². The van der Waals surface area contributed by atoms with Crippen LogP contribution in [-0.4, -0.2) is 74.3 Å². The highest BCUT2D eigenvalue weighted by atomic mass is 31.2. The van der Waals surface area contributed by atoms with Gasteiger partial charge in [-0.3, -0.25) is 18.6 Å². The van der Waals surface area contributed by atoms with Crippen molar-refractivity contribution in [3.63, 3.8) is 0 Å². The normalized spacial score (nSPS) is 14.4. The van der Waals surface area contributed by atoms with E-state index in [-0.39, 0.29) is 31.5 Å². The largest absolute Gasteiger partial charge is 0.472 e. The Morgan fingerprint density at radius 3 is 1.43 bits per heavy atom. The molecule has 0 aliphatic heterocycles. The van der Waals surface area contributed by atoms with Crippen molar-refractivity contribution >= 4 is 19.7 Å². The lowest BCUT2D eigenvalue weighted by Crippen LogP contribution is -2.47. The molecule has 0 spiro atoms. The van der Waals surface area contributed by atoms with Gasteiger partial charge in [-0.15, -0.1) is 0 Å². The number of amides is 1.